The Morgan fingerprint density at radius 2 is 1.43 bits per heavy atom. The van der Waals surface area contributed by atoms with Crippen molar-refractivity contribution in [2.75, 3.05) is 40.8 Å². The summed E-state index contributed by atoms with van der Waals surface area (Å²) < 4.78 is 10.3. The minimum atomic E-state index is -0.423. The minimum Gasteiger partial charge on any atom is -0.364 e. The van der Waals surface area contributed by atoms with E-state index in [0.717, 1.165) is 0 Å². The lowest BCUT2D eigenvalue weighted by Gasteiger charge is -2.28. The quantitative estimate of drug-likeness (QED) is 0.595. The lowest BCUT2D eigenvalue weighted by atomic mass is 10.3. The number of carbonyl (C=O) groups is 2. The van der Waals surface area contributed by atoms with Crippen LogP contribution in [0.2, 0.25) is 0 Å². The van der Waals surface area contributed by atoms with Gasteiger partial charge in [0, 0.05) is 27.3 Å². The molecule has 2 aliphatic rings. The van der Waals surface area contributed by atoms with Gasteiger partial charge in [0.2, 0.25) is 0 Å². The number of rotatable bonds is 9. The zero-order valence-electron chi connectivity index (χ0n) is 13.7. The van der Waals surface area contributed by atoms with Crippen molar-refractivity contribution in [3.05, 3.63) is 25.3 Å². The summed E-state index contributed by atoms with van der Waals surface area (Å²) in [5, 5.41) is 0. The number of ether oxygens (including phenoxy) is 2. The number of hydrogen-bond acceptors (Lipinski definition) is 4. The Balaban J connectivity index is 2.38. The third-order valence-electron chi connectivity index (χ3n) is 3.96. The van der Waals surface area contributed by atoms with Crippen molar-refractivity contribution in [2.45, 2.75) is 18.8 Å². The summed E-state index contributed by atoms with van der Waals surface area (Å²) >= 11 is 0. The number of methoxy groups -OCH3 is 2. The van der Waals surface area contributed by atoms with Gasteiger partial charge in [0.05, 0.1) is 0 Å². The highest BCUT2D eigenvalue weighted by atomic mass is 16.5. The van der Waals surface area contributed by atoms with Crippen LogP contribution in [-0.2, 0) is 9.47 Å². The van der Waals surface area contributed by atoms with E-state index in [4.69, 9.17) is 9.47 Å². The van der Waals surface area contributed by atoms with Crippen LogP contribution in [0.25, 0.3) is 0 Å². The Labute approximate surface area is 136 Å². The number of carbonyl (C=O) groups excluding carboxylic acids is 2. The molecular formula is C15H24N4O4. The Hall–Kier alpha value is -2.06. The van der Waals surface area contributed by atoms with Crippen LogP contribution in [0, 0.1) is 0 Å². The second-order valence-electron chi connectivity index (χ2n) is 5.38. The molecule has 23 heavy (non-hydrogen) atoms. The summed E-state index contributed by atoms with van der Waals surface area (Å²) in [6, 6.07) is -0.342. The van der Waals surface area contributed by atoms with E-state index in [1.54, 1.807) is 31.8 Å². The number of urea groups is 2. The van der Waals surface area contributed by atoms with Gasteiger partial charge in [-0.2, -0.15) is 0 Å². The van der Waals surface area contributed by atoms with Crippen molar-refractivity contribution in [2.24, 2.45) is 0 Å². The normalized spacial score (nSPS) is 23.7. The van der Waals surface area contributed by atoms with Crippen molar-refractivity contribution in [1.29, 1.82) is 0 Å². The molecule has 2 unspecified atom stereocenters. The highest BCUT2D eigenvalue weighted by Gasteiger charge is 2.58. The standard InChI is InChI=1S/C15H24N4O4/c1-5-7-9-17-13-12(18(10-22-3)15(17)21)16(8-6-2)14(20)19(13)11-23-4/h5-6,12-13H,1-2,7-11H2,3-4H3. The topological polar surface area (TPSA) is 65.6 Å². The summed E-state index contributed by atoms with van der Waals surface area (Å²) in [7, 11) is 3.05. The first-order valence-corrected chi connectivity index (χ1v) is 7.46. The predicted molar refractivity (Wildman–Crippen MR) is 84.2 cm³/mol. The predicted octanol–water partition coefficient (Wildman–Crippen LogP) is 1.08. The molecule has 0 aromatic carbocycles. The molecule has 8 heteroatoms. The van der Waals surface area contributed by atoms with Gasteiger partial charge < -0.3 is 9.47 Å². The van der Waals surface area contributed by atoms with Crippen molar-refractivity contribution in [1.82, 2.24) is 19.6 Å². The first kappa shape index (κ1) is 17.3. The molecule has 0 bridgehead atoms. The van der Waals surface area contributed by atoms with E-state index in [0.29, 0.717) is 19.5 Å². The lowest BCUT2D eigenvalue weighted by Crippen LogP contribution is -2.47. The monoisotopic (exact) mass is 324 g/mol. The van der Waals surface area contributed by atoms with Gasteiger partial charge in [-0.1, -0.05) is 12.2 Å². The van der Waals surface area contributed by atoms with Crippen molar-refractivity contribution < 1.29 is 19.1 Å². The summed E-state index contributed by atoms with van der Waals surface area (Å²) in [5.74, 6) is 0. The lowest BCUT2D eigenvalue weighted by molar-refractivity contribution is 0.0238. The maximum atomic E-state index is 12.7. The van der Waals surface area contributed by atoms with Gasteiger partial charge in [0.15, 0.2) is 12.3 Å². The molecule has 0 aromatic rings. The van der Waals surface area contributed by atoms with E-state index in [1.165, 1.54) is 14.2 Å². The fourth-order valence-electron chi connectivity index (χ4n) is 3.09. The first-order chi connectivity index (χ1) is 11.1. The van der Waals surface area contributed by atoms with E-state index in [-0.39, 0.29) is 25.5 Å². The Morgan fingerprint density at radius 3 is 1.91 bits per heavy atom. The molecular weight excluding hydrogens is 300 g/mol. The Kier molecular flexibility index (Phi) is 5.62. The highest BCUT2D eigenvalue weighted by Crippen LogP contribution is 2.34. The van der Waals surface area contributed by atoms with Crippen molar-refractivity contribution in [3.8, 4) is 0 Å². The molecule has 128 valence electrons. The Morgan fingerprint density at radius 1 is 0.913 bits per heavy atom. The van der Waals surface area contributed by atoms with Crippen LogP contribution < -0.4 is 0 Å². The van der Waals surface area contributed by atoms with Crippen LogP contribution in [0.4, 0.5) is 9.59 Å². The molecule has 2 saturated heterocycles. The first-order valence-electron chi connectivity index (χ1n) is 7.46. The number of nitrogens with zero attached hydrogens (tertiary/aromatic N) is 4. The number of amides is 4. The number of hydrogen-bond donors (Lipinski definition) is 0. The van der Waals surface area contributed by atoms with Gasteiger partial charge in [0.25, 0.3) is 0 Å². The molecule has 2 rings (SSSR count). The second kappa shape index (κ2) is 7.47. The van der Waals surface area contributed by atoms with Gasteiger partial charge in [-0.3, -0.25) is 19.6 Å². The maximum absolute atomic E-state index is 12.7. The van der Waals surface area contributed by atoms with Crippen molar-refractivity contribution >= 4 is 12.1 Å². The zero-order valence-corrected chi connectivity index (χ0v) is 13.7. The molecule has 0 spiro atoms. The fourth-order valence-corrected chi connectivity index (χ4v) is 3.09. The summed E-state index contributed by atoms with van der Waals surface area (Å²) in [5.41, 5.74) is 0. The van der Waals surface area contributed by atoms with Crippen LogP contribution in [-0.4, -0.2) is 84.8 Å². The third-order valence-corrected chi connectivity index (χ3v) is 3.96. The molecule has 2 atom stereocenters. The molecule has 2 aliphatic heterocycles. The van der Waals surface area contributed by atoms with Crippen LogP contribution in [0.5, 0.6) is 0 Å². The van der Waals surface area contributed by atoms with E-state index in [9.17, 15) is 9.59 Å². The van der Waals surface area contributed by atoms with Crippen molar-refractivity contribution in [3.63, 3.8) is 0 Å². The largest absolute Gasteiger partial charge is 0.364 e. The summed E-state index contributed by atoms with van der Waals surface area (Å²) in [6.07, 6.45) is 3.21. The molecule has 0 saturated carbocycles. The second-order valence-corrected chi connectivity index (χ2v) is 5.38. The van der Waals surface area contributed by atoms with Gasteiger partial charge >= 0.3 is 12.1 Å². The molecule has 0 radical (unpaired) electrons. The molecule has 4 amide bonds. The average Bonchev–Trinajstić information content (AvgIpc) is 2.94. The maximum Gasteiger partial charge on any atom is 0.325 e. The van der Waals surface area contributed by atoms with E-state index < -0.39 is 12.3 Å². The van der Waals surface area contributed by atoms with Crippen LogP contribution >= 0.6 is 0 Å². The third kappa shape index (κ3) is 2.91. The highest BCUT2D eigenvalue weighted by molar-refractivity contribution is 5.85. The summed E-state index contributed by atoms with van der Waals surface area (Å²) in [4.78, 5) is 31.8. The fraction of sp³-hybridized carbons (Fsp3) is 0.600. The Bertz CT molecular complexity index is 480. The molecule has 8 nitrogen and oxygen atoms in total. The van der Waals surface area contributed by atoms with E-state index in [1.807, 2.05) is 0 Å². The molecule has 0 aromatic heterocycles. The van der Waals surface area contributed by atoms with Gasteiger partial charge in [-0.25, -0.2) is 9.59 Å². The van der Waals surface area contributed by atoms with Crippen LogP contribution in [0.15, 0.2) is 25.3 Å². The van der Waals surface area contributed by atoms with Crippen LogP contribution in [0.1, 0.15) is 6.42 Å². The SMILES string of the molecule is C=CCCN1C(=O)N(COC)C2C1N(COC)C(=O)N2CC=C. The zero-order chi connectivity index (χ0) is 17.0. The average molecular weight is 324 g/mol. The van der Waals surface area contributed by atoms with Gasteiger partial charge in [-0.15, -0.1) is 13.2 Å². The van der Waals surface area contributed by atoms with Gasteiger partial charge in [-0.05, 0) is 6.42 Å². The van der Waals surface area contributed by atoms with E-state index >= 15 is 0 Å². The summed E-state index contributed by atoms with van der Waals surface area (Å²) in [6.45, 7) is 8.46. The number of fused-ring (bicyclic) bond motifs is 1. The van der Waals surface area contributed by atoms with Crippen LogP contribution in [0.3, 0.4) is 0 Å². The molecule has 2 fully saturated rings. The molecule has 0 aliphatic carbocycles. The van der Waals surface area contributed by atoms with E-state index in [2.05, 4.69) is 13.2 Å². The molecule has 2 heterocycles. The minimum absolute atomic E-state index is 0.117. The van der Waals surface area contributed by atoms with Gasteiger partial charge in [0.1, 0.15) is 13.5 Å². The smallest absolute Gasteiger partial charge is 0.325 e. The molecule has 0 N–H and O–H groups in total.